The third-order valence-electron chi connectivity index (χ3n) is 4.97. The Balaban J connectivity index is 0.000000316. The average Bonchev–Trinajstić information content (AvgIpc) is 3.06. The number of hydrogen-bond donors (Lipinski definition) is 0. The van der Waals surface area contributed by atoms with Crippen molar-refractivity contribution in [3.8, 4) is 0 Å². The highest BCUT2D eigenvalue weighted by Crippen LogP contribution is 2.25. The minimum absolute atomic E-state index is 0.139. The molecule has 260 valence electrons. The average molecular weight is 1250 g/mol. The highest BCUT2D eigenvalue weighted by Gasteiger charge is 2.17. The number of nitro groups is 5. The number of para-hydroxylation sites is 1. The van der Waals surface area contributed by atoms with Crippen LogP contribution in [0.2, 0.25) is 0 Å². The number of rotatable bonds is 5. The van der Waals surface area contributed by atoms with Crippen LogP contribution in [0.3, 0.4) is 0 Å². The molecular weight excluding hydrogens is 1230 g/mol. The van der Waals surface area contributed by atoms with Gasteiger partial charge in [0, 0.05) is 55.9 Å². The lowest BCUT2D eigenvalue weighted by atomic mass is 10.3. The maximum atomic E-state index is 10.4. The summed E-state index contributed by atoms with van der Waals surface area (Å²) in [5.41, 5.74) is -0.0580. The van der Waals surface area contributed by atoms with E-state index < -0.39 is 19.7 Å². The van der Waals surface area contributed by atoms with Crippen LogP contribution in [0.4, 0.5) is 28.4 Å². The minimum Gasteiger partial charge on any atom is -0.260 e. The van der Waals surface area contributed by atoms with Gasteiger partial charge in [0.1, 0.15) is 3.70 Å². The zero-order chi connectivity index (χ0) is 37.8. The number of nitrogens with zero attached hydrogens (tertiary/aromatic N) is 7. The van der Waals surface area contributed by atoms with Crippen molar-refractivity contribution in [2.45, 2.75) is 0 Å². The van der Waals surface area contributed by atoms with Gasteiger partial charge >= 0.3 is 0 Å². The van der Waals surface area contributed by atoms with Crippen LogP contribution in [0.15, 0.2) is 110 Å². The smallest absolute Gasteiger partial charge is 0.260 e. The molecular formula is C28H18I5N7O10. The summed E-state index contributed by atoms with van der Waals surface area (Å²) in [6.45, 7) is 0. The van der Waals surface area contributed by atoms with Crippen molar-refractivity contribution >= 4 is 141 Å². The Labute approximate surface area is 350 Å². The summed E-state index contributed by atoms with van der Waals surface area (Å²) < 4.78 is 3.87. The molecule has 50 heavy (non-hydrogen) atoms. The number of non-ortho nitro benzene ring substituents is 3. The summed E-state index contributed by atoms with van der Waals surface area (Å²) in [4.78, 5) is 56.4. The van der Waals surface area contributed by atoms with Gasteiger partial charge in [0.15, 0.2) is 0 Å². The van der Waals surface area contributed by atoms with Gasteiger partial charge in [-0.25, -0.2) is 4.98 Å². The van der Waals surface area contributed by atoms with E-state index in [0.717, 1.165) is 16.9 Å². The highest BCUT2D eigenvalue weighted by molar-refractivity contribution is 14.1. The van der Waals surface area contributed by atoms with Crippen LogP contribution in [0.25, 0.3) is 0 Å². The van der Waals surface area contributed by atoms with Gasteiger partial charge in [-0.15, -0.1) is 0 Å². The Hall–Kier alpha value is -3.39. The van der Waals surface area contributed by atoms with E-state index in [1.807, 2.05) is 51.2 Å². The van der Waals surface area contributed by atoms with Gasteiger partial charge in [-0.2, -0.15) is 0 Å². The van der Waals surface area contributed by atoms with Crippen molar-refractivity contribution in [3.05, 3.63) is 178 Å². The van der Waals surface area contributed by atoms with Gasteiger partial charge in [-0.1, -0.05) is 18.2 Å². The third kappa shape index (κ3) is 18.0. The van der Waals surface area contributed by atoms with E-state index in [2.05, 4.69) is 55.1 Å². The summed E-state index contributed by atoms with van der Waals surface area (Å²) in [5.74, 6) is 0. The zero-order valence-corrected chi connectivity index (χ0v) is 35.3. The molecule has 0 spiro atoms. The van der Waals surface area contributed by atoms with E-state index in [1.165, 1.54) is 42.5 Å². The van der Waals surface area contributed by atoms with Gasteiger partial charge < -0.3 is 0 Å². The summed E-state index contributed by atoms with van der Waals surface area (Å²) in [5, 5.41) is 51.1. The zero-order valence-electron chi connectivity index (χ0n) is 24.5. The van der Waals surface area contributed by atoms with Gasteiger partial charge in [0.25, 0.3) is 28.4 Å². The molecule has 0 amide bonds. The SMILES string of the molecule is Ic1cnccn1.O=[N+]([O-])c1ccc(I)c([N+](=O)[O-])c1.O=[N+]([O-])c1ccc(I)cc1.O=[N+]([O-])c1cccc(I)c1.O=[N+]([O-])c1ccccc1I. The monoisotopic (exact) mass is 1250 g/mol. The lowest BCUT2D eigenvalue weighted by molar-refractivity contribution is -0.394. The molecule has 0 aliphatic rings. The van der Waals surface area contributed by atoms with Crippen molar-refractivity contribution in [1.29, 1.82) is 0 Å². The van der Waals surface area contributed by atoms with Crippen molar-refractivity contribution in [3.63, 3.8) is 0 Å². The molecule has 5 aromatic rings. The first-order chi connectivity index (χ1) is 23.5. The predicted octanol–water partition coefficient (Wildman–Crippen LogP) is 9.79. The molecule has 0 atom stereocenters. The van der Waals surface area contributed by atoms with Crippen LogP contribution in [-0.2, 0) is 0 Å². The van der Waals surface area contributed by atoms with Crippen LogP contribution < -0.4 is 0 Å². The highest BCUT2D eigenvalue weighted by atomic mass is 127. The van der Waals surface area contributed by atoms with Crippen LogP contribution in [0.5, 0.6) is 0 Å². The molecule has 17 nitrogen and oxygen atoms in total. The summed E-state index contributed by atoms with van der Waals surface area (Å²) >= 11 is 9.92. The Morgan fingerprint density at radius 3 is 1.38 bits per heavy atom. The van der Waals surface area contributed by atoms with Crippen molar-refractivity contribution < 1.29 is 24.6 Å². The molecule has 0 aliphatic carbocycles. The number of benzene rings is 4. The first kappa shape index (κ1) is 44.6. The molecule has 5 rings (SSSR count). The second-order valence-corrected chi connectivity index (χ2v) is 14.3. The van der Waals surface area contributed by atoms with E-state index in [4.69, 9.17) is 0 Å². The van der Waals surface area contributed by atoms with E-state index >= 15 is 0 Å². The molecule has 0 fully saturated rings. The van der Waals surface area contributed by atoms with Crippen LogP contribution >= 0.6 is 113 Å². The molecule has 0 N–H and O–H groups in total. The molecule has 22 heteroatoms. The fourth-order valence-electron chi connectivity index (χ4n) is 2.79. The van der Waals surface area contributed by atoms with Crippen molar-refractivity contribution in [1.82, 2.24) is 9.97 Å². The lowest BCUT2D eigenvalue weighted by Gasteiger charge is -1.94. The van der Waals surface area contributed by atoms with E-state index in [1.54, 1.807) is 77.6 Å². The molecule has 1 heterocycles. The quantitative estimate of drug-likeness (QED) is 0.0907. The van der Waals surface area contributed by atoms with E-state index in [0.29, 0.717) is 7.14 Å². The second kappa shape index (κ2) is 23.9. The van der Waals surface area contributed by atoms with E-state index in [-0.39, 0.29) is 33.4 Å². The molecule has 0 radical (unpaired) electrons. The topological polar surface area (TPSA) is 241 Å². The Morgan fingerprint density at radius 1 is 0.460 bits per heavy atom. The molecule has 0 saturated carbocycles. The molecule has 0 aliphatic heterocycles. The lowest BCUT2D eigenvalue weighted by Crippen LogP contribution is -1.94. The maximum absolute atomic E-state index is 10.4. The standard InChI is InChI=1S/C6H3IN2O4.3C6H4INO2.C4H3IN2/c7-5-2-1-4(8(10)11)3-6(5)9(12)13;7-5-1-3-6(4-2-5)8(9)10;7-5-2-1-3-6(4-5)8(9)10;7-5-3-1-2-4-6(5)8(9)10;5-4-3-6-1-2-7-4/h1-3H;3*1-4H;1-3H. The van der Waals surface area contributed by atoms with Gasteiger partial charge in [0.2, 0.25) is 0 Å². The van der Waals surface area contributed by atoms with Crippen molar-refractivity contribution in [2.24, 2.45) is 0 Å². The normalized spacial score (nSPS) is 9.30. The van der Waals surface area contributed by atoms with Gasteiger partial charge in [0.05, 0.1) is 44.0 Å². The van der Waals surface area contributed by atoms with Crippen LogP contribution in [0, 0.1) is 68.6 Å². The molecule has 0 saturated heterocycles. The fourth-order valence-corrected chi connectivity index (χ4v) is 5.11. The van der Waals surface area contributed by atoms with Crippen LogP contribution in [-0.4, -0.2) is 34.6 Å². The summed E-state index contributed by atoms with van der Waals surface area (Å²) in [6.07, 6.45) is 5.03. The van der Waals surface area contributed by atoms with Crippen LogP contribution in [0.1, 0.15) is 0 Å². The molecule has 0 unspecified atom stereocenters. The number of aromatic nitrogens is 2. The fraction of sp³-hybridized carbons (Fsp3) is 0. The minimum atomic E-state index is -0.664. The van der Waals surface area contributed by atoms with E-state index in [9.17, 15) is 50.6 Å². The van der Waals surface area contributed by atoms with Crippen molar-refractivity contribution in [2.75, 3.05) is 0 Å². The number of hydrogen-bond acceptors (Lipinski definition) is 12. The summed E-state index contributed by atoms with van der Waals surface area (Å²) in [7, 11) is 0. The molecule has 4 aromatic carbocycles. The Bertz CT molecular complexity index is 1930. The Morgan fingerprint density at radius 2 is 0.980 bits per heavy atom. The maximum Gasteiger partial charge on any atom is 0.289 e. The Kier molecular flexibility index (Phi) is 21.3. The van der Waals surface area contributed by atoms with Gasteiger partial charge in [-0.05, 0) is 143 Å². The van der Waals surface area contributed by atoms with Gasteiger partial charge in [-0.3, -0.25) is 55.6 Å². The first-order valence-corrected chi connectivity index (χ1v) is 18.1. The summed E-state index contributed by atoms with van der Waals surface area (Å²) in [6, 6.07) is 23.0. The third-order valence-corrected chi connectivity index (χ3v) is 8.75. The molecule has 0 bridgehead atoms. The predicted molar refractivity (Wildman–Crippen MR) is 225 cm³/mol. The largest absolute Gasteiger partial charge is 0.289 e. The number of nitro benzene ring substituents is 5. The number of halogens is 5. The second-order valence-electron chi connectivity index (χ2n) is 8.36. The first-order valence-electron chi connectivity index (χ1n) is 12.7. The molecule has 1 aromatic heterocycles.